The molecular weight excluding hydrogens is 644 g/mol. The molecule has 14 nitrogen and oxygen atoms in total. The Kier molecular flexibility index (Phi) is 6.55. The van der Waals surface area contributed by atoms with E-state index in [0.29, 0.717) is 10.0 Å². The van der Waals surface area contributed by atoms with Crippen molar-refractivity contribution in [3.05, 3.63) is 71.8 Å². The molecule has 224 valence electrons. The number of rotatable bonds is 5. The highest BCUT2D eigenvalue weighted by atomic mass is 79.9. The Morgan fingerprint density at radius 2 is 1.73 bits per heavy atom. The van der Waals surface area contributed by atoms with Crippen LogP contribution in [-0.2, 0) is 21.4 Å². The van der Waals surface area contributed by atoms with Crippen LogP contribution >= 0.6 is 15.9 Å². The van der Waals surface area contributed by atoms with Gasteiger partial charge in [0.25, 0.3) is 11.5 Å². The van der Waals surface area contributed by atoms with Gasteiger partial charge in [0.05, 0.1) is 53.2 Å². The molecule has 1 amide bonds. The summed E-state index contributed by atoms with van der Waals surface area (Å²) in [5, 5.41) is 40.2. The normalized spacial score (nSPS) is 18.7. The maximum atomic E-state index is 14.1. The van der Waals surface area contributed by atoms with Crippen LogP contribution in [0.15, 0.2) is 32.3 Å². The van der Waals surface area contributed by atoms with Crippen LogP contribution < -0.4 is 16.3 Å². The summed E-state index contributed by atoms with van der Waals surface area (Å²) in [6.45, 7) is 0.00999. The van der Waals surface area contributed by atoms with Crippen LogP contribution in [0.25, 0.3) is 10.8 Å². The predicted molar refractivity (Wildman–Crippen MR) is 156 cm³/mol. The number of H-pyrrole nitrogens is 1. The van der Waals surface area contributed by atoms with Crippen molar-refractivity contribution in [1.29, 1.82) is 0 Å². The van der Waals surface area contributed by atoms with Crippen LogP contribution in [-0.4, -0.2) is 76.3 Å². The highest BCUT2D eigenvalue weighted by Crippen LogP contribution is 2.58. The zero-order valence-electron chi connectivity index (χ0n) is 22.9. The molecular formula is C29H21BrN4O10. The Balaban J connectivity index is 1.54. The average Bonchev–Trinajstić information content (AvgIpc) is 3.49. The number of methoxy groups -OCH3 is 1. The maximum absolute atomic E-state index is 14.1. The van der Waals surface area contributed by atoms with Crippen LogP contribution in [0.1, 0.15) is 64.7 Å². The molecule has 0 radical (unpaired) electrons. The lowest BCUT2D eigenvalue weighted by Gasteiger charge is -2.23. The van der Waals surface area contributed by atoms with Crippen LogP contribution in [0.4, 0.5) is 0 Å². The van der Waals surface area contributed by atoms with Gasteiger partial charge in [0.1, 0.15) is 22.7 Å². The number of carbonyl (C=O) groups is 5. The Hall–Kier alpha value is -5.15. The lowest BCUT2D eigenvalue weighted by Crippen LogP contribution is -2.36. The number of phenolic OH excluding ortho intramolecular Hbond substituents is 3. The van der Waals surface area contributed by atoms with Crippen molar-refractivity contribution in [2.75, 3.05) is 20.7 Å². The summed E-state index contributed by atoms with van der Waals surface area (Å²) in [6, 6.07) is 1.47. The highest BCUT2D eigenvalue weighted by molar-refractivity contribution is 9.10. The number of phenols is 3. The molecule has 0 saturated heterocycles. The molecule has 1 heterocycles. The number of aromatic hydroxyl groups is 3. The van der Waals surface area contributed by atoms with E-state index in [2.05, 4.69) is 36.8 Å². The smallest absolute Gasteiger partial charge is 0.260 e. The van der Waals surface area contributed by atoms with Crippen LogP contribution in [0.2, 0.25) is 0 Å². The lowest BCUT2D eigenvalue weighted by molar-refractivity contribution is -0.120. The van der Waals surface area contributed by atoms with Gasteiger partial charge in [-0.2, -0.15) is 5.10 Å². The molecule has 6 rings (SSSR count). The topological polar surface area (TPSA) is 225 Å². The van der Waals surface area contributed by atoms with Gasteiger partial charge in [-0.05, 0) is 47.4 Å². The van der Waals surface area contributed by atoms with Gasteiger partial charge in [-0.1, -0.05) is 0 Å². The number of pyridine rings is 1. The number of fused-ring (bicyclic) bond motifs is 5. The minimum Gasteiger partial charge on any atom is -0.507 e. The predicted octanol–water partition coefficient (Wildman–Crippen LogP) is 1.25. The maximum Gasteiger partial charge on any atom is 0.260 e. The number of nitrogens with one attached hydrogen (secondary N) is 3. The summed E-state index contributed by atoms with van der Waals surface area (Å²) in [5.74, 6) is -7.39. The second-order valence-corrected chi connectivity index (χ2v) is 11.1. The van der Waals surface area contributed by atoms with E-state index in [1.165, 1.54) is 12.3 Å². The van der Waals surface area contributed by atoms with Crippen molar-refractivity contribution in [3.8, 4) is 17.2 Å². The second kappa shape index (κ2) is 9.96. The van der Waals surface area contributed by atoms with Crippen LogP contribution in [0.5, 0.6) is 17.2 Å². The first-order valence-electron chi connectivity index (χ1n) is 13.0. The van der Waals surface area contributed by atoms with Crippen LogP contribution in [0, 0.1) is 0 Å². The SMILES string of the molecule is CNCC(=O)NN=Cc1cc2c(Br)c3c(c(O)c2c(=O)[nH]1)[C@@]1(CC3)C(=O)c2c(O)c3c(c(O)c2C1=O)C(=O)C(OC)=CC3=O. The fraction of sp³-hybridized carbons (Fsp3) is 0.207. The number of aromatic amines is 1. The number of ketones is 4. The molecule has 0 aliphatic heterocycles. The fourth-order valence-electron chi connectivity index (χ4n) is 6.25. The number of benzene rings is 2. The number of allylic oxidation sites excluding steroid dienone is 2. The highest BCUT2D eigenvalue weighted by Gasteiger charge is 2.62. The number of aromatic nitrogens is 1. The summed E-state index contributed by atoms with van der Waals surface area (Å²) < 4.78 is 5.20. The van der Waals surface area contributed by atoms with Gasteiger partial charge in [-0.15, -0.1) is 0 Å². The molecule has 0 unspecified atom stereocenters. The molecule has 1 aromatic heterocycles. The standard InChI is InChI=1S/C29H21BrN4O10/c1-31-8-14(36)34-32-7-9-5-11-15(28(43)33-9)25(40)20-10(21(11)30)3-4-29(20)26(41)18-19(27(29)42)24(39)17-16(23(18)38)12(35)6-13(44-2)22(17)37/h5-7,31,38-40H,3-4,8H2,1-2H3,(H,33,43)(H,34,36)/t29-/m0/s1. The molecule has 0 fully saturated rings. The van der Waals surface area contributed by atoms with Crippen molar-refractivity contribution in [3.63, 3.8) is 0 Å². The number of ether oxygens (including phenoxy) is 1. The summed E-state index contributed by atoms with van der Waals surface area (Å²) in [5.41, 5.74) is -3.08. The Labute approximate surface area is 254 Å². The monoisotopic (exact) mass is 664 g/mol. The number of hydrogen-bond donors (Lipinski definition) is 6. The lowest BCUT2D eigenvalue weighted by atomic mass is 9.76. The number of carbonyl (C=O) groups excluding carboxylic acids is 5. The third-order valence-electron chi connectivity index (χ3n) is 8.09. The molecule has 3 aliphatic rings. The molecule has 1 spiro atoms. The van der Waals surface area contributed by atoms with E-state index in [1.807, 2.05) is 0 Å². The Morgan fingerprint density at radius 1 is 1.07 bits per heavy atom. The minimum absolute atomic E-state index is 0.00999. The second-order valence-electron chi connectivity index (χ2n) is 10.3. The van der Waals surface area contributed by atoms with Gasteiger partial charge in [-0.3, -0.25) is 28.8 Å². The van der Waals surface area contributed by atoms with Gasteiger partial charge in [-0.25, -0.2) is 5.43 Å². The Bertz CT molecular complexity index is 2060. The number of hydrazone groups is 1. The van der Waals surface area contributed by atoms with Crippen molar-refractivity contribution < 1.29 is 44.0 Å². The van der Waals surface area contributed by atoms with E-state index in [0.717, 1.165) is 13.2 Å². The van der Waals surface area contributed by atoms with Gasteiger partial charge in [0, 0.05) is 21.5 Å². The van der Waals surface area contributed by atoms with Gasteiger partial charge in [0.15, 0.2) is 23.1 Å². The summed E-state index contributed by atoms with van der Waals surface area (Å²) in [6.07, 6.45) is 1.82. The fourth-order valence-corrected chi connectivity index (χ4v) is 6.96. The zero-order valence-corrected chi connectivity index (χ0v) is 24.5. The molecule has 15 heteroatoms. The van der Waals surface area contributed by atoms with E-state index in [-0.39, 0.29) is 41.4 Å². The summed E-state index contributed by atoms with van der Waals surface area (Å²) >= 11 is 3.45. The third-order valence-corrected chi connectivity index (χ3v) is 9.00. The molecule has 3 aliphatic carbocycles. The quantitative estimate of drug-likeness (QED) is 0.0985. The number of hydrogen-bond acceptors (Lipinski definition) is 12. The number of likely N-dealkylation sites (N-methyl/N-ethyl adjacent to an activating group) is 1. The van der Waals surface area contributed by atoms with Gasteiger partial charge >= 0.3 is 0 Å². The molecule has 0 bridgehead atoms. The largest absolute Gasteiger partial charge is 0.507 e. The minimum atomic E-state index is -2.18. The summed E-state index contributed by atoms with van der Waals surface area (Å²) in [7, 11) is 2.70. The number of amides is 1. The molecule has 3 aromatic rings. The summed E-state index contributed by atoms with van der Waals surface area (Å²) in [4.78, 5) is 81.5. The first kappa shape index (κ1) is 28.9. The molecule has 44 heavy (non-hydrogen) atoms. The average molecular weight is 665 g/mol. The van der Waals surface area contributed by atoms with E-state index >= 15 is 0 Å². The van der Waals surface area contributed by atoms with Crippen molar-refractivity contribution in [2.45, 2.75) is 18.3 Å². The van der Waals surface area contributed by atoms with Crippen molar-refractivity contribution in [1.82, 2.24) is 15.7 Å². The molecule has 1 atom stereocenters. The zero-order chi connectivity index (χ0) is 31.8. The first-order valence-corrected chi connectivity index (χ1v) is 13.8. The van der Waals surface area contributed by atoms with Crippen molar-refractivity contribution >= 4 is 62.0 Å². The van der Waals surface area contributed by atoms with Gasteiger partial charge < -0.3 is 30.4 Å². The first-order chi connectivity index (χ1) is 20.9. The number of halogens is 1. The van der Waals surface area contributed by atoms with Gasteiger partial charge in [0.2, 0.25) is 5.78 Å². The van der Waals surface area contributed by atoms with E-state index in [9.17, 15) is 44.1 Å². The van der Waals surface area contributed by atoms with E-state index in [1.54, 1.807) is 7.05 Å². The number of nitrogens with zero attached hydrogens (tertiary/aromatic N) is 1. The molecule has 0 saturated carbocycles. The molecule has 6 N–H and O–H groups in total. The van der Waals surface area contributed by atoms with E-state index < -0.39 is 85.3 Å². The molecule has 2 aromatic carbocycles. The third kappa shape index (κ3) is 3.65. The number of Topliss-reactive ketones (excluding diaryl/α,β-unsaturated/α-hetero) is 3. The van der Waals surface area contributed by atoms with E-state index in [4.69, 9.17) is 4.74 Å². The van der Waals surface area contributed by atoms with Crippen LogP contribution in [0.3, 0.4) is 0 Å². The Morgan fingerprint density at radius 3 is 2.36 bits per heavy atom. The van der Waals surface area contributed by atoms with Crippen molar-refractivity contribution in [2.24, 2.45) is 5.10 Å².